The Hall–Kier alpha value is -1.11. The van der Waals surface area contributed by atoms with Crippen molar-refractivity contribution in [1.82, 2.24) is 20.9 Å². The van der Waals surface area contributed by atoms with Crippen LogP contribution in [0.4, 0.5) is 13.2 Å². The van der Waals surface area contributed by atoms with Crippen LogP contribution in [0.1, 0.15) is 28.7 Å². The van der Waals surface area contributed by atoms with Gasteiger partial charge in [0.15, 0.2) is 5.96 Å². The molecular formula is C13H21F3IN5OS. The predicted molar refractivity (Wildman–Crippen MR) is 99.3 cm³/mol. The number of nitrogens with one attached hydrogen (secondary N) is 3. The molecule has 0 aliphatic rings. The summed E-state index contributed by atoms with van der Waals surface area (Å²) in [5, 5.41) is 8.42. The van der Waals surface area contributed by atoms with Gasteiger partial charge in [-0.15, -0.1) is 35.3 Å². The van der Waals surface area contributed by atoms with Gasteiger partial charge < -0.3 is 16.0 Å². The molecule has 0 aromatic carbocycles. The molecule has 1 heterocycles. The van der Waals surface area contributed by atoms with Crippen LogP contribution < -0.4 is 16.0 Å². The molecule has 24 heavy (non-hydrogen) atoms. The van der Waals surface area contributed by atoms with Crippen LogP contribution in [-0.4, -0.2) is 49.2 Å². The van der Waals surface area contributed by atoms with E-state index in [2.05, 4.69) is 25.9 Å². The maximum absolute atomic E-state index is 12.1. The maximum Gasteiger partial charge on any atom is 0.390 e. The van der Waals surface area contributed by atoms with E-state index in [1.807, 2.05) is 6.92 Å². The Bertz CT molecular complexity index is 536. The van der Waals surface area contributed by atoms with E-state index < -0.39 is 12.6 Å². The molecule has 0 bridgehead atoms. The average molecular weight is 479 g/mol. The second kappa shape index (κ2) is 11.4. The molecule has 0 atom stereocenters. The topological polar surface area (TPSA) is 78.4 Å². The van der Waals surface area contributed by atoms with Crippen molar-refractivity contribution < 1.29 is 18.0 Å². The number of rotatable bonds is 7. The van der Waals surface area contributed by atoms with E-state index in [1.165, 1.54) is 11.3 Å². The Morgan fingerprint density at radius 1 is 1.29 bits per heavy atom. The zero-order valence-corrected chi connectivity index (χ0v) is 16.5. The zero-order chi connectivity index (χ0) is 17.3. The normalized spacial score (nSPS) is 11.6. The first kappa shape index (κ1) is 22.9. The quantitative estimate of drug-likeness (QED) is 0.243. The standard InChI is InChI=1S/C13H20F3N5OS.HI/c1-3-17-12(19-5-4-13(14,15)16)20-7-6-18-11(22)10-9(2)21-8-23-10;/h8H,3-7H2,1-2H3,(H,18,22)(H2,17,19,20);1H. The highest BCUT2D eigenvalue weighted by Crippen LogP contribution is 2.18. The first-order chi connectivity index (χ1) is 10.8. The van der Waals surface area contributed by atoms with Crippen molar-refractivity contribution in [1.29, 1.82) is 0 Å². The molecule has 1 rings (SSSR count). The molecular weight excluding hydrogens is 458 g/mol. The predicted octanol–water partition coefficient (Wildman–Crippen LogP) is 2.31. The number of carbonyl (C=O) groups is 1. The van der Waals surface area contributed by atoms with Gasteiger partial charge in [0, 0.05) is 19.6 Å². The summed E-state index contributed by atoms with van der Waals surface area (Å²) in [7, 11) is 0. The van der Waals surface area contributed by atoms with Crippen LogP contribution in [0.5, 0.6) is 0 Å². The highest BCUT2D eigenvalue weighted by molar-refractivity contribution is 14.0. The summed E-state index contributed by atoms with van der Waals surface area (Å²) in [4.78, 5) is 20.2. The fourth-order valence-electron chi connectivity index (χ4n) is 1.59. The number of thiazole rings is 1. The minimum Gasteiger partial charge on any atom is -0.357 e. The Morgan fingerprint density at radius 2 is 1.96 bits per heavy atom. The summed E-state index contributed by atoms with van der Waals surface area (Å²) >= 11 is 1.26. The average Bonchev–Trinajstić information content (AvgIpc) is 2.88. The van der Waals surface area contributed by atoms with Crippen molar-refractivity contribution in [3.05, 3.63) is 16.1 Å². The van der Waals surface area contributed by atoms with Crippen molar-refractivity contribution in [3.8, 4) is 0 Å². The van der Waals surface area contributed by atoms with E-state index in [9.17, 15) is 18.0 Å². The van der Waals surface area contributed by atoms with E-state index >= 15 is 0 Å². The summed E-state index contributed by atoms with van der Waals surface area (Å²) < 4.78 is 36.3. The van der Waals surface area contributed by atoms with E-state index in [0.717, 1.165) is 0 Å². The van der Waals surface area contributed by atoms with Crippen LogP contribution in [0, 0.1) is 6.92 Å². The second-order valence-electron chi connectivity index (χ2n) is 4.58. The van der Waals surface area contributed by atoms with Gasteiger partial charge in [0.1, 0.15) is 4.88 Å². The number of alkyl halides is 3. The number of aliphatic imine (C=N–C) groups is 1. The fraction of sp³-hybridized carbons (Fsp3) is 0.615. The summed E-state index contributed by atoms with van der Waals surface area (Å²) in [5.74, 6) is 0.0748. The van der Waals surface area contributed by atoms with Gasteiger partial charge in [-0.25, -0.2) is 4.98 Å². The number of halogens is 4. The van der Waals surface area contributed by atoms with Gasteiger partial charge >= 0.3 is 6.18 Å². The number of hydrogen-bond donors (Lipinski definition) is 3. The third-order valence-corrected chi connectivity index (χ3v) is 3.59. The molecule has 138 valence electrons. The highest BCUT2D eigenvalue weighted by Gasteiger charge is 2.26. The van der Waals surface area contributed by atoms with Crippen LogP contribution in [0.2, 0.25) is 0 Å². The zero-order valence-electron chi connectivity index (χ0n) is 13.4. The SMILES string of the molecule is CCNC(=NCCC(F)(F)F)NCCNC(=O)c1scnc1C.I. The molecule has 6 nitrogen and oxygen atoms in total. The number of aromatic nitrogens is 1. The van der Waals surface area contributed by atoms with E-state index in [1.54, 1.807) is 12.4 Å². The van der Waals surface area contributed by atoms with Gasteiger partial charge in [0.25, 0.3) is 5.91 Å². The third-order valence-electron chi connectivity index (χ3n) is 2.66. The van der Waals surface area contributed by atoms with Crippen molar-refractivity contribution in [2.45, 2.75) is 26.4 Å². The van der Waals surface area contributed by atoms with Crippen LogP contribution in [0.15, 0.2) is 10.5 Å². The van der Waals surface area contributed by atoms with Crippen molar-refractivity contribution in [2.75, 3.05) is 26.2 Å². The van der Waals surface area contributed by atoms with Crippen molar-refractivity contribution >= 4 is 47.2 Å². The molecule has 1 amide bonds. The molecule has 0 aliphatic carbocycles. The molecule has 0 spiro atoms. The molecule has 0 saturated carbocycles. The van der Waals surface area contributed by atoms with Crippen LogP contribution >= 0.6 is 35.3 Å². The molecule has 0 saturated heterocycles. The number of carbonyl (C=O) groups excluding carboxylic acids is 1. The Morgan fingerprint density at radius 3 is 2.50 bits per heavy atom. The van der Waals surface area contributed by atoms with Gasteiger partial charge in [-0.3, -0.25) is 9.79 Å². The van der Waals surface area contributed by atoms with E-state index in [4.69, 9.17) is 0 Å². The first-order valence-electron chi connectivity index (χ1n) is 7.10. The monoisotopic (exact) mass is 479 g/mol. The lowest BCUT2D eigenvalue weighted by atomic mass is 10.4. The molecule has 0 fully saturated rings. The van der Waals surface area contributed by atoms with Crippen LogP contribution in [0.3, 0.4) is 0 Å². The highest BCUT2D eigenvalue weighted by atomic mass is 127. The van der Waals surface area contributed by atoms with Crippen LogP contribution in [-0.2, 0) is 0 Å². The van der Waals surface area contributed by atoms with Gasteiger partial charge in [0.2, 0.25) is 0 Å². The maximum atomic E-state index is 12.1. The van der Waals surface area contributed by atoms with Gasteiger partial charge in [-0.05, 0) is 13.8 Å². The van der Waals surface area contributed by atoms with Crippen LogP contribution in [0.25, 0.3) is 0 Å². The largest absolute Gasteiger partial charge is 0.390 e. The summed E-state index contributed by atoms with van der Waals surface area (Å²) in [6.07, 6.45) is -5.19. The smallest absolute Gasteiger partial charge is 0.357 e. The Kier molecular flexibility index (Phi) is 10.9. The minimum atomic E-state index is -4.22. The minimum absolute atomic E-state index is 0. The fourth-order valence-corrected chi connectivity index (χ4v) is 2.31. The number of amides is 1. The summed E-state index contributed by atoms with van der Waals surface area (Å²) in [6, 6.07) is 0. The Balaban J connectivity index is 0.00000529. The molecule has 0 aliphatic heterocycles. The van der Waals surface area contributed by atoms with Gasteiger partial charge in [-0.2, -0.15) is 13.2 Å². The second-order valence-corrected chi connectivity index (χ2v) is 5.43. The molecule has 0 radical (unpaired) electrons. The number of hydrogen-bond acceptors (Lipinski definition) is 4. The van der Waals surface area contributed by atoms with Gasteiger partial charge in [0.05, 0.1) is 24.2 Å². The lowest BCUT2D eigenvalue weighted by Crippen LogP contribution is -2.41. The van der Waals surface area contributed by atoms with E-state index in [-0.39, 0.29) is 36.4 Å². The molecule has 0 unspecified atom stereocenters. The Labute approximate surface area is 159 Å². The summed E-state index contributed by atoms with van der Waals surface area (Å²) in [5.41, 5.74) is 2.27. The van der Waals surface area contributed by atoms with Crippen molar-refractivity contribution in [2.24, 2.45) is 4.99 Å². The first-order valence-corrected chi connectivity index (χ1v) is 7.98. The molecule has 3 N–H and O–H groups in total. The van der Waals surface area contributed by atoms with E-state index in [0.29, 0.717) is 36.2 Å². The molecule has 11 heteroatoms. The summed E-state index contributed by atoms with van der Waals surface area (Å²) in [6.45, 7) is 4.42. The molecule has 1 aromatic rings. The van der Waals surface area contributed by atoms with Gasteiger partial charge in [-0.1, -0.05) is 0 Å². The number of aryl methyl sites for hydroxylation is 1. The molecule has 1 aromatic heterocycles. The lowest BCUT2D eigenvalue weighted by Gasteiger charge is -2.12. The lowest BCUT2D eigenvalue weighted by molar-refractivity contribution is -0.132. The number of nitrogens with zero attached hydrogens (tertiary/aromatic N) is 2. The van der Waals surface area contributed by atoms with Crippen molar-refractivity contribution in [3.63, 3.8) is 0 Å². The third kappa shape index (κ3) is 9.25. The number of guanidine groups is 1.